The Balaban J connectivity index is 1.46. The van der Waals surface area contributed by atoms with Gasteiger partial charge in [0, 0.05) is 18.1 Å². The van der Waals surface area contributed by atoms with Gasteiger partial charge < -0.3 is 10.6 Å². The molecule has 6 heteroatoms. The molecule has 1 amide bonds. The Morgan fingerprint density at radius 2 is 2.00 bits per heavy atom. The molecule has 1 heterocycles. The number of nitrogens with one attached hydrogen (secondary N) is 2. The van der Waals surface area contributed by atoms with Crippen molar-refractivity contribution in [1.82, 2.24) is 15.5 Å². The summed E-state index contributed by atoms with van der Waals surface area (Å²) in [6, 6.07) is 10.9. The van der Waals surface area contributed by atoms with E-state index in [2.05, 4.69) is 26.9 Å². The van der Waals surface area contributed by atoms with E-state index in [1.165, 1.54) is 31.3 Å². The molecule has 2 N–H and O–H groups in total. The maximum atomic E-state index is 12.2. The number of aromatic nitrogens is 2. The minimum atomic E-state index is -0.267. The van der Waals surface area contributed by atoms with Gasteiger partial charge in [-0.1, -0.05) is 41.4 Å². The lowest BCUT2D eigenvalue weighted by atomic mass is 9.97. The van der Waals surface area contributed by atoms with Crippen LogP contribution in [0.25, 0.3) is 0 Å². The Morgan fingerprint density at radius 3 is 2.73 bits per heavy atom. The molecular formula is C20H23ClN4O. The smallest absolute Gasteiger partial charge is 0.272 e. The van der Waals surface area contributed by atoms with Crippen molar-refractivity contribution in [3.8, 4) is 0 Å². The van der Waals surface area contributed by atoms with Crippen LogP contribution < -0.4 is 10.6 Å². The van der Waals surface area contributed by atoms with Gasteiger partial charge in [-0.05, 0) is 55.9 Å². The number of hydrogen-bond acceptors (Lipinski definition) is 4. The van der Waals surface area contributed by atoms with E-state index >= 15 is 0 Å². The quantitative estimate of drug-likeness (QED) is 0.710. The zero-order valence-corrected chi connectivity index (χ0v) is 15.4. The molecule has 0 saturated carbocycles. The normalized spacial score (nSPS) is 13.8. The Labute approximate surface area is 158 Å². The van der Waals surface area contributed by atoms with Crippen LogP contribution in [0.4, 0.5) is 5.82 Å². The number of amides is 1. The van der Waals surface area contributed by atoms with Crippen LogP contribution in [0.1, 0.15) is 48.2 Å². The van der Waals surface area contributed by atoms with E-state index < -0.39 is 0 Å². The fraction of sp³-hybridized carbons (Fsp3) is 0.350. The lowest BCUT2D eigenvalue weighted by molar-refractivity contribution is 0.0945. The summed E-state index contributed by atoms with van der Waals surface area (Å²) < 4.78 is 0. The molecule has 0 bridgehead atoms. The number of hydrogen-bond donors (Lipinski definition) is 2. The second kappa shape index (κ2) is 9.34. The summed E-state index contributed by atoms with van der Waals surface area (Å²) >= 11 is 6.09. The van der Waals surface area contributed by atoms with Gasteiger partial charge in [0.15, 0.2) is 5.69 Å². The highest BCUT2D eigenvalue weighted by Gasteiger charge is 2.09. The van der Waals surface area contributed by atoms with E-state index in [0.29, 0.717) is 17.4 Å². The fourth-order valence-corrected chi connectivity index (χ4v) is 3.14. The van der Waals surface area contributed by atoms with Gasteiger partial charge in [0.25, 0.3) is 5.91 Å². The van der Waals surface area contributed by atoms with Crippen molar-refractivity contribution in [3.05, 3.63) is 64.3 Å². The summed E-state index contributed by atoms with van der Waals surface area (Å²) in [6.45, 7) is 1.19. The van der Waals surface area contributed by atoms with E-state index in [1.807, 2.05) is 18.2 Å². The second-order valence-corrected chi connectivity index (χ2v) is 6.77. The molecule has 26 heavy (non-hydrogen) atoms. The highest BCUT2D eigenvalue weighted by Crippen LogP contribution is 2.20. The zero-order valence-electron chi connectivity index (χ0n) is 14.7. The molecule has 0 aliphatic heterocycles. The third-order valence-corrected chi connectivity index (χ3v) is 4.80. The first-order valence-corrected chi connectivity index (χ1v) is 9.37. The van der Waals surface area contributed by atoms with Gasteiger partial charge in [-0.15, -0.1) is 10.2 Å². The van der Waals surface area contributed by atoms with Gasteiger partial charge in [-0.3, -0.25) is 4.79 Å². The Hall–Kier alpha value is -2.40. The van der Waals surface area contributed by atoms with Crippen LogP contribution in [0.3, 0.4) is 0 Å². The van der Waals surface area contributed by atoms with Crippen LogP contribution in [0.5, 0.6) is 0 Å². The summed E-state index contributed by atoms with van der Waals surface area (Å²) in [4.78, 5) is 12.2. The van der Waals surface area contributed by atoms with Crippen molar-refractivity contribution in [3.63, 3.8) is 0 Å². The molecule has 1 aromatic heterocycles. The molecule has 5 nitrogen and oxygen atoms in total. The molecule has 0 unspecified atom stereocenters. The molecular weight excluding hydrogens is 348 g/mol. The molecule has 0 saturated heterocycles. The van der Waals surface area contributed by atoms with Gasteiger partial charge in [0.1, 0.15) is 5.82 Å². The van der Waals surface area contributed by atoms with Crippen molar-refractivity contribution >= 4 is 23.3 Å². The average Bonchev–Trinajstić information content (AvgIpc) is 2.68. The number of carbonyl (C=O) groups is 1. The van der Waals surface area contributed by atoms with Crippen molar-refractivity contribution < 1.29 is 4.79 Å². The molecule has 1 aliphatic carbocycles. The van der Waals surface area contributed by atoms with Crippen molar-refractivity contribution in [2.24, 2.45) is 0 Å². The first-order valence-electron chi connectivity index (χ1n) is 8.99. The van der Waals surface area contributed by atoms with Gasteiger partial charge in [0.2, 0.25) is 0 Å². The molecule has 3 rings (SSSR count). The van der Waals surface area contributed by atoms with Gasteiger partial charge >= 0.3 is 0 Å². The number of anilines is 1. The largest absolute Gasteiger partial charge is 0.368 e. The number of benzene rings is 1. The Bertz CT molecular complexity index is 774. The second-order valence-electron chi connectivity index (χ2n) is 6.36. The van der Waals surface area contributed by atoms with Crippen LogP contribution in [0.15, 0.2) is 48.0 Å². The van der Waals surface area contributed by atoms with E-state index in [1.54, 1.807) is 18.2 Å². The van der Waals surface area contributed by atoms with Crippen LogP contribution in [0.2, 0.25) is 5.02 Å². The third-order valence-electron chi connectivity index (χ3n) is 4.43. The highest BCUT2D eigenvalue weighted by molar-refractivity contribution is 6.31. The average molecular weight is 371 g/mol. The molecule has 0 spiro atoms. The van der Waals surface area contributed by atoms with Crippen LogP contribution in [0, 0.1) is 0 Å². The number of halogens is 1. The SMILES string of the molecule is O=C(NCc1ccccc1Cl)c1ccc(NCCC2=CCCCC2)nn1. The summed E-state index contributed by atoms with van der Waals surface area (Å²) in [7, 11) is 0. The lowest BCUT2D eigenvalue weighted by Gasteiger charge is -2.13. The maximum Gasteiger partial charge on any atom is 0.272 e. The fourth-order valence-electron chi connectivity index (χ4n) is 2.94. The highest BCUT2D eigenvalue weighted by atomic mass is 35.5. The minimum Gasteiger partial charge on any atom is -0.368 e. The van der Waals surface area contributed by atoms with Crippen molar-refractivity contribution in [2.75, 3.05) is 11.9 Å². The Kier molecular flexibility index (Phi) is 6.61. The number of carbonyl (C=O) groups excluding carboxylic acids is 1. The Morgan fingerprint density at radius 1 is 1.12 bits per heavy atom. The number of nitrogens with zero attached hydrogens (tertiary/aromatic N) is 2. The summed E-state index contributed by atoms with van der Waals surface area (Å²) in [5.74, 6) is 0.417. The van der Waals surface area contributed by atoms with Crippen molar-refractivity contribution in [2.45, 2.75) is 38.6 Å². The lowest BCUT2D eigenvalue weighted by Crippen LogP contribution is -2.24. The third kappa shape index (κ3) is 5.30. The van der Waals surface area contributed by atoms with Gasteiger partial charge in [-0.2, -0.15) is 0 Å². The monoisotopic (exact) mass is 370 g/mol. The number of rotatable bonds is 7. The predicted octanol–water partition coefficient (Wildman–Crippen LogP) is 4.36. The standard InChI is InChI=1S/C20H23ClN4O/c21-17-9-5-4-8-16(17)14-23-20(26)18-10-11-19(25-24-18)22-13-12-15-6-2-1-3-7-15/h4-6,8-11H,1-3,7,12-14H2,(H,22,25)(H,23,26). The summed E-state index contributed by atoms with van der Waals surface area (Å²) in [5.41, 5.74) is 2.68. The molecule has 2 aromatic rings. The predicted molar refractivity (Wildman–Crippen MR) is 104 cm³/mol. The molecule has 1 aliphatic rings. The zero-order chi connectivity index (χ0) is 18.2. The molecule has 136 valence electrons. The van der Waals surface area contributed by atoms with E-state index in [-0.39, 0.29) is 11.6 Å². The van der Waals surface area contributed by atoms with Crippen molar-refractivity contribution in [1.29, 1.82) is 0 Å². The summed E-state index contributed by atoms with van der Waals surface area (Å²) in [5, 5.41) is 14.8. The minimum absolute atomic E-state index is 0.267. The van der Waals surface area contributed by atoms with E-state index in [9.17, 15) is 4.79 Å². The topological polar surface area (TPSA) is 66.9 Å². The van der Waals surface area contributed by atoms with Crippen LogP contribution >= 0.6 is 11.6 Å². The first-order chi connectivity index (χ1) is 12.7. The molecule has 0 atom stereocenters. The molecule has 0 fully saturated rings. The van der Waals surface area contributed by atoms with Gasteiger partial charge in [-0.25, -0.2) is 0 Å². The molecule has 1 aromatic carbocycles. The van der Waals surface area contributed by atoms with E-state index in [0.717, 1.165) is 18.5 Å². The summed E-state index contributed by atoms with van der Waals surface area (Å²) in [6.07, 6.45) is 8.39. The molecule has 0 radical (unpaired) electrons. The van der Waals surface area contributed by atoms with Crippen LogP contribution in [-0.2, 0) is 6.54 Å². The van der Waals surface area contributed by atoms with E-state index in [4.69, 9.17) is 11.6 Å². The number of allylic oxidation sites excluding steroid dienone is 1. The van der Waals surface area contributed by atoms with Crippen LogP contribution in [-0.4, -0.2) is 22.6 Å². The first kappa shape index (κ1) is 18.4. The van der Waals surface area contributed by atoms with Gasteiger partial charge in [0.05, 0.1) is 0 Å². The maximum absolute atomic E-state index is 12.2.